The predicted octanol–water partition coefficient (Wildman–Crippen LogP) is 4.96. The molecule has 0 radical (unpaired) electrons. The summed E-state index contributed by atoms with van der Waals surface area (Å²) in [4.78, 5) is 17.0. The zero-order chi connectivity index (χ0) is 19.9. The lowest BCUT2D eigenvalue weighted by Crippen LogP contribution is -2.30. The number of aromatic nitrogens is 1. The van der Waals surface area contributed by atoms with Crippen molar-refractivity contribution in [1.29, 1.82) is 0 Å². The van der Waals surface area contributed by atoms with Gasteiger partial charge in [0.05, 0.1) is 12.3 Å². The number of ether oxygens (including phenoxy) is 2. The molecule has 1 heterocycles. The summed E-state index contributed by atoms with van der Waals surface area (Å²) in [6.45, 7) is 4.37. The normalized spacial score (nSPS) is 11.8. The molecule has 1 N–H and O–H groups in total. The standard InChI is InChI=1S/C22H23FN2O3/c1-3-4-14-27-20-12-11-19(18-6-5-13-24-21(18)20)25-22(26)15(2)28-17-9-7-16(23)8-10-17/h5-13,15H,3-4,14H2,1-2H3,(H,25,26)/t15-/m1/s1. The van der Waals surface area contributed by atoms with E-state index < -0.39 is 6.10 Å². The van der Waals surface area contributed by atoms with Crippen molar-refractivity contribution >= 4 is 22.5 Å². The van der Waals surface area contributed by atoms with Gasteiger partial charge in [-0.2, -0.15) is 0 Å². The summed E-state index contributed by atoms with van der Waals surface area (Å²) in [5.41, 5.74) is 1.33. The van der Waals surface area contributed by atoms with Crippen LogP contribution in [0.4, 0.5) is 10.1 Å². The number of halogens is 1. The monoisotopic (exact) mass is 382 g/mol. The lowest BCUT2D eigenvalue weighted by atomic mass is 10.1. The smallest absolute Gasteiger partial charge is 0.265 e. The molecule has 3 rings (SSSR count). The summed E-state index contributed by atoms with van der Waals surface area (Å²) in [6, 6.07) is 12.9. The third-order valence-electron chi connectivity index (χ3n) is 4.24. The van der Waals surface area contributed by atoms with Crippen LogP contribution in [0.25, 0.3) is 10.9 Å². The van der Waals surface area contributed by atoms with Gasteiger partial charge in [-0.15, -0.1) is 0 Å². The molecule has 0 spiro atoms. The molecular weight excluding hydrogens is 359 g/mol. The number of benzene rings is 2. The first-order valence-corrected chi connectivity index (χ1v) is 9.32. The molecule has 1 aromatic heterocycles. The number of hydrogen-bond acceptors (Lipinski definition) is 4. The Morgan fingerprint density at radius 2 is 1.96 bits per heavy atom. The largest absolute Gasteiger partial charge is 0.491 e. The molecule has 1 amide bonds. The van der Waals surface area contributed by atoms with Crippen molar-refractivity contribution in [2.45, 2.75) is 32.8 Å². The number of unbranched alkanes of at least 4 members (excludes halogenated alkanes) is 1. The number of nitrogens with one attached hydrogen (secondary N) is 1. The third-order valence-corrected chi connectivity index (χ3v) is 4.24. The van der Waals surface area contributed by atoms with Crippen molar-refractivity contribution in [3.63, 3.8) is 0 Å². The van der Waals surface area contributed by atoms with Crippen molar-refractivity contribution in [3.05, 3.63) is 60.5 Å². The first kappa shape index (κ1) is 19.6. The highest BCUT2D eigenvalue weighted by atomic mass is 19.1. The predicted molar refractivity (Wildman–Crippen MR) is 107 cm³/mol. The van der Waals surface area contributed by atoms with Gasteiger partial charge in [0.1, 0.15) is 22.8 Å². The van der Waals surface area contributed by atoms with Crippen LogP contribution < -0.4 is 14.8 Å². The fraction of sp³-hybridized carbons (Fsp3) is 0.273. The summed E-state index contributed by atoms with van der Waals surface area (Å²) < 4.78 is 24.4. The zero-order valence-corrected chi connectivity index (χ0v) is 15.9. The van der Waals surface area contributed by atoms with E-state index in [9.17, 15) is 9.18 Å². The minimum atomic E-state index is -0.752. The summed E-state index contributed by atoms with van der Waals surface area (Å²) in [5, 5.41) is 3.67. The van der Waals surface area contributed by atoms with Crippen molar-refractivity contribution in [2.24, 2.45) is 0 Å². The molecule has 0 saturated heterocycles. The van der Waals surface area contributed by atoms with Gasteiger partial charge in [0.25, 0.3) is 5.91 Å². The van der Waals surface area contributed by atoms with E-state index in [-0.39, 0.29) is 11.7 Å². The first-order chi connectivity index (χ1) is 13.6. The number of hydrogen-bond donors (Lipinski definition) is 1. The molecule has 3 aromatic rings. The van der Waals surface area contributed by atoms with Crippen LogP contribution in [0.15, 0.2) is 54.7 Å². The topological polar surface area (TPSA) is 60.5 Å². The second-order valence-corrected chi connectivity index (χ2v) is 6.42. The van der Waals surface area contributed by atoms with E-state index in [1.165, 1.54) is 24.3 Å². The van der Waals surface area contributed by atoms with Gasteiger partial charge in [0, 0.05) is 11.6 Å². The van der Waals surface area contributed by atoms with Crippen molar-refractivity contribution in [2.75, 3.05) is 11.9 Å². The van der Waals surface area contributed by atoms with Crippen molar-refractivity contribution < 1.29 is 18.7 Å². The lowest BCUT2D eigenvalue weighted by Gasteiger charge is -2.16. The summed E-state index contributed by atoms with van der Waals surface area (Å²) in [5.74, 6) is 0.451. The fourth-order valence-electron chi connectivity index (χ4n) is 2.70. The second kappa shape index (κ2) is 9.17. The van der Waals surface area contributed by atoms with E-state index >= 15 is 0 Å². The Morgan fingerprint density at radius 3 is 2.71 bits per heavy atom. The van der Waals surface area contributed by atoms with Crippen LogP contribution in [0.2, 0.25) is 0 Å². The van der Waals surface area contributed by atoms with Crippen LogP contribution >= 0.6 is 0 Å². The average Bonchev–Trinajstić information content (AvgIpc) is 2.71. The molecule has 0 aliphatic heterocycles. The Morgan fingerprint density at radius 1 is 1.18 bits per heavy atom. The van der Waals surface area contributed by atoms with Gasteiger partial charge in [-0.25, -0.2) is 4.39 Å². The van der Waals surface area contributed by atoms with Gasteiger partial charge in [0.15, 0.2) is 6.10 Å². The quantitative estimate of drug-likeness (QED) is 0.560. The third kappa shape index (κ3) is 4.76. The molecule has 0 unspecified atom stereocenters. The number of pyridine rings is 1. The average molecular weight is 382 g/mol. The Kier molecular flexibility index (Phi) is 6.42. The van der Waals surface area contributed by atoms with E-state index in [1.54, 1.807) is 19.2 Å². The SMILES string of the molecule is CCCCOc1ccc(NC(=O)[C@@H](C)Oc2ccc(F)cc2)c2cccnc12. The molecule has 2 aromatic carbocycles. The van der Waals surface area contributed by atoms with Crippen LogP contribution in [0.5, 0.6) is 11.5 Å². The van der Waals surface area contributed by atoms with Gasteiger partial charge >= 0.3 is 0 Å². The van der Waals surface area contributed by atoms with E-state index in [1.807, 2.05) is 18.2 Å². The number of amides is 1. The molecule has 146 valence electrons. The van der Waals surface area contributed by atoms with Gasteiger partial charge in [-0.1, -0.05) is 13.3 Å². The Labute approximate surface area is 163 Å². The first-order valence-electron chi connectivity index (χ1n) is 9.32. The molecule has 6 heteroatoms. The number of fused-ring (bicyclic) bond motifs is 1. The molecule has 5 nitrogen and oxygen atoms in total. The Bertz CT molecular complexity index is 944. The highest BCUT2D eigenvalue weighted by Crippen LogP contribution is 2.30. The molecule has 0 fully saturated rings. The van der Waals surface area contributed by atoms with Crippen LogP contribution in [-0.2, 0) is 4.79 Å². The molecule has 0 aliphatic rings. The molecule has 0 bridgehead atoms. The van der Waals surface area contributed by atoms with Crippen LogP contribution in [0, 0.1) is 5.82 Å². The van der Waals surface area contributed by atoms with Gasteiger partial charge in [-0.3, -0.25) is 9.78 Å². The van der Waals surface area contributed by atoms with Gasteiger partial charge < -0.3 is 14.8 Å². The van der Waals surface area contributed by atoms with E-state index in [0.29, 0.717) is 29.3 Å². The van der Waals surface area contributed by atoms with E-state index in [2.05, 4.69) is 17.2 Å². The van der Waals surface area contributed by atoms with Crippen LogP contribution in [-0.4, -0.2) is 23.6 Å². The highest BCUT2D eigenvalue weighted by Gasteiger charge is 2.17. The molecule has 1 atom stereocenters. The minimum absolute atomic E-state index is 0.311. The molecular formula is C22H23FN2O3. The minimum Gasteiger partial charge on any atom is -0.491 e. The number of rotatable bonds is 8. The van der Waals surface area contributed by atoms with E-state index in [4.69, 9.17) is 9.47 Å². The van der Waals surface area contributed by atoms with Crippen LogP contribution in [0.3, 0.4) is 0 Å². The fourth-order valence-corrected chi connectivity index (χ4v) is 2.70. The number of anilines is 1. The maximum atomic E-state index is 13.0. The van der Waals surface area contributed by atoms with Crippen LogP contribution in [0.1, 0.15) is 26.7 Å². The van der Waals surface area contributed by atoms with E-state index in [0.717, 1.165) is 18.2 Å². The molecule has 0 saturated carbocycles. The van der Waals surface area contributed by atoms with Gasteiger partial charge in [0.2, 0.25) is 0 Å². The summed E-state index contributed by atoms with van der Waals surface area (Å²) in [6.07, 6.45) is 2.95. The molecule has 0 aliphatic carbocycles. The Balaban J connectivity index is 1.75. The maximum Gasteiger partial charge on any atom is 0.265 e. The Hall–Kier alpha value is -3.15. The number of carbonyl (C=O) groups is 1. The van der Waals surface area contributed by atoms with Gasteiger partial charge in [-0.05, 0) is 61.9 Å². The highest BCUT2D eigenvalue weighted by molar-refractivity contribution is 6.04. The van der Waals surface area contributed by atoms with Crippen molar-refractivity contribution in [3.8, 4) is 11.5 Å². The second-order valence-electron chi connectivity index (χ2n) is 6.42. The summed E-state index contributed by atoms with van der Waals surface area (Å²) >= 11 is 0. The molecule has 28 heavy (non-hydrogen) atoms. The van der Waals surface area contributed by atoms with Crippen molar-refractivity contribution in [1.82, 2.24) is 4.98 Å². The lowest BCUT2D eigenvalue weighted by molar-refractivity contribution is -0.122. The summed E-state index contributed by atoms with van der Waals surface area (Å²) in [7, 11) is 0. The number of carbonyl (C=O) groups excluding carboxylic acids is 1. The maximum absolute atomic E-state index is 13.0. The number of nitrogens with zero attached hydrogens (tertiary/aromatic N) is 1. The zero-order valence-electron chi connectivity index (χ0n) is 15.9.